The lowest BCUT2D eigenvalue weighted by molar-refractivity contribution is -0.196. The van der Waals surface area contributed by atoms with Crippen molar-refractivity contribution in [3.05, 3.63) is 0 Å². The van der Waals surface area contributed by atoms with Crippen LogP contribution in [-0.4, -0.2) is 156 Å². The van der Waals surface area contributed by atoms with E-state index in [9.17, 15) is 30.3 Å². The first kappa shape index (κ1) is 51.9. The minimum absolute atomic E-state index is 0.0800. The molecule has 53 heavy (non-hydrogen) atoms. The Morgan fingerprint density at radius 3 is 2.08 bits per heavy atom. The molecule has 3 heterocycles. The zero-order valence-electron chi connectivity index (χ0n) is 32.9. The van der Waals surface area contributed by atoms with Crippen LogP contribution in [0.1, 0.15) is 98.3 Å². The highest BCUT2D eigenvalue weighted by atomic mass is 16.6. The summed E-state index contributed by atoms with van der Waals surface area (Å²) in [6.45, 7) is 11.3. The molecule has 1 saturated carbocycles. The van der Waals surface area contributed by atoms with Crippen LogP contribution in [0.4, 0.5) is 0 Å². The minimum Gasteiger partial charge on any atom is -0.394 e. The molecule has 18 N–H and O–H groups in total. The second-order valence-corrected chi connectivity index (χ2v) is 14.6. The van der Waals surface area contributed by atoms with E-state index in [0.29, 0.717) is 38.0 Å². The van der Waals surface area contributed by atoms with Crippen molar-refractivity contribution in [2.24, 2.45) is 34.6 Å². The lowest BCUT2D eigenvalue weighted by Gasteiger charge is -2.35. The number of carbonyl (C=O) groups is 1. The Hall–Kier alpha value is -1.13. The summed E-state index contributed by atoms with van der Waals surface area (Å²) < 4.78 is 15.5. The maximum absolute atomic E-state index is 11.5. The normalized spacial score (nSPS) is 34.3. The summed E-state index contributed by atoms with van der Waals surface area (Å²) >= 11 is 0. The van der Waals surface area contributed by atoms with E-state index < -0.39 is 42.9 Å². The number of hydrogen-bond acceptors (Lipinski definition) is 16. The third-order valence-electron chi connectivity index (χ3n) is 9.34. The first-order valence-electron chi connectivity index (χ1n) is 19.7. The highest BCUT2D eigenvalue weighted by Gasteiger charge is 2.35. The lowest BCUT2D eigenvalue weighted by Crippen LogP contribution is -2.58. The van der Waals surface area contributed by atoms with Crippen LogP contribution in [0.15, 0.2) is 0 Å². The number of aliphatic hydroxyl groups excluding tert-OH is 6. The fourth-order valence-electron chi connectivity index (χ4n) is 6.01. The predicted octanol–water partition coefficient (Wildman–Crippen LogP) is -2.14. The van der Waals surface area contributed by atoms with Crippen LogP contribution < -0.4 is 39.3 Å². The standard InChI is InChI=1S/C11H23N3O2.C9H20N2O3.C6H14N2O3.C6H12O2.C4H10/c1-7-2-8(13)4-9(3-7)14-11(16)5-10(15)6-12;10-4-1-5-11-6-8-7(12)2-3-9(13)14-8;7-1-4-6(10)5(9)3(8)2-11-4;1-5-2-3-6(4-7)8-5;1-3-4-2/h7-10,15H,2-6,12-13H2,1H3,(H,14,16);7-9,11-13H,1-6,10H2;3-6,9-10H,1-2,7-8H2;5-7H,2-4H2,1H3;3-4H2,1-2H3/t;7-,8?,9-;3-,4-,5?,6+;;/m.00../s1. The Morgan fingerprint density at radius 1 is 0.887 bits per heavy atom. The average molecular weight is 770 g/mol. The molecule has 8 unspecified atom stereocenters. The van der Waals surface area contributed by atoms with Gasteiger partial charge in [-0.1, -0.05) is 33.6 Å². The first-order chi connectivity index (χ1) is 25.1. The van der Waals surface area contributed by atoms with Crippen molar-refractivity contribution in [2.45, 2.75) is 172 Å². The number of hydrogen-bond donors (Lipinski definition) is 13. The molecule has 1 amide bonds. The van der Waals surface area contributed by atoms with Gasteiger partial charge in [-0.3, -0.25) is 4.79 Å². The Balaban J connectivity index is 0.000000672. The van der Waals surface area contributed by atoms with Gasteiger partial charge in [-0.2, -0.15) is 0 Å². The fourth-order valence-corrected chi connectivity index (χ4v) is 6.01. The van der Waals surface area contributed by atoms with Crippen LogP contribution in [0.25, 0.3) is 0 Å². The van der Waals surface area contributed by atoms with E-state index in [0.717, 1.165) is 45.1 Å². The van der Waals surface area contributed by atoms with Gasteiger partial charge in [-0.05, 0) is 70.9 Å². The highest BCUT2D eigenvalue weighted by molar-refractivity contribution is 5.76. The molecule has 17 nitrogen and oxygen atoms in total. The van der Waals surface area contributed by atoms with E-state index in [4.69, 9.17) is 48.0 Å². The van der Waals surface area contributed by atoms with Gasteiger partial charge in [0.25, 0.3) is 0 Å². The van der Waals surface area contributed by atoms with Crippen molar-refractivity contribution in [3.63, 3.8) is 0 Å². The molecular weight excluding hydrogens is 690 g/mol. The molecule has 13 atom stereocenters. The maximum Gasteiger partial charge on any atom is 0.222 e. The Kier molecular flexibility index (Phi) is 30.4. The SMILES string of the molecule is CC1CC(N)CC(NC(=O)CC(O)CN)C1.CC1CCC(CO)O1.CCCC.NCCCNCC1O[C@H](O)CC[C@@H]1O.NC[C@@H]1OC[C@H](N)C(O)[C@@H]1O. The van der Waals surface area contributed by atoms with Crippen LogP contribution in [-0.2, 0) is 19.0 Å². The summed E-state index contributed by atoms with van der Waals surface area (Å²) in [5.41, 5.74) is 27.2. The van der Waals surface area contributed by atoms with Crippen molar-refractivity contribution < 1.29 is 49.6 Å². The van der Waals surface area contributed by atoms with E-state index in [-0.39, 0.29) is 62.9 Å². The summed E-state index contributed by atoms with van der Waals surface area (Å²) in [5.74, 6) is 0.415. The van der Waals surface area contributed by atoms with Crippen LogP contribution >= 0.6 is 0 Å². The minimum atomic E-state index is -0.955. The molecule has 3 saturated heterocycles. The summed E-state index contributed by atoms with van der Waals surface area (Å²) in [5, 5.41) is 61.1. The van der Waals surface area contributed by atoms with Crippen molar-refractivity contribution in [2.75, 3.05) is 45.9 Å². The number of rotatable bonds is 12. The van der Waals surface area contributed by atoms with Crippen molar-refractivity contribution in [1.82, 2.24) is 10.6 Å². The zero-order valence-corrected chi connectivity index (χ0v) is 32.9. The Labute approximate surface area is 318 Å². The second kappa shape index (κ2) is 31.0. The molecule has 0 radical (unpaired) electrons. The van der Waals surface area contributed by atoms with E-state index in [1.807, 2.05) is 6.92 Å². The van der Waals surface area contributed by atoms with Crippen LogP contribution in [0, 0.1) is 5.92 Å². The largest absolute Gasteiger partial charge is 0.394 e. The number of aliphatic hydroxyl groups is 6. The molecular formula is C36H79N7O10. The van der Waals surface area contributed by atoms with Gasteiger partial charge < -0.3 is 84.2 Å². The second-order valence-electron chi connectivity index (χ2n) is 14.6. The van der Waals surface area contributed by atoms with Gasteiger partial charge in [0.15, 0.2) is 6.29 Å². The zero-order chi connectivity index (χ0) is 40.3. The number of nitrogens with two attached hydrogens (primary N) is 5. The molecule has 1 aliphatic carbocycles. The summed E-state index contributed by atoms with van der Waals surface area (Å²) in [6, 6.07) is -0.183. The number of nitrogens with one attached hydrogen (secondary N) is 2. The molecule has 0 aromatic rings. The number of carbonyl (C=O) groups excluding carboxylic acids is 1. The quantitative estimate of drug-likeness (QED) is 0.0942. The smallest absolute Gasteiger partial charge is 0.222 e. The third kappa shape index (κ3) is 24.2. The Bertz CT molecular complexity index is 874. The summed E-state index contributed by atoms with van der Waals surface area (Å²) in [6.07, 6.45) is 5.61. The van der Waals surface area contributed by atoms with Gasteiger partial charge in [-0.15, -0.1) is 0 Å². The van der Waals surface area contributed by atoms with Gasteiger partial charge >= 0.3 is 0 Å². The summed E-state index contributed by atoms with van der Waals surface area (Å²) in [4.78, 5) is 11.5. The average Bonchev–Trinajstić information content (AvgIpc) is 3.56. The van der Waals surface area contributed by atoms with Gasteiger partial charge in [0.2, 0.25) is 5.91 Å². The third-order valence-corrected chi connectivity index (χ3v) is 9.34. The monoisotopic (exact) mass is 770 g/mol. The van der Waals surface area contributed by atoms with E-state index in [1.165, 1.54) is 12.8 Å². The van der Waals surface area contributed by atoms with E-state index >= 15 is 0 Å². The number of unbranched alkanes of at least 4 members (excludes halogenated alkanes) is 1. The predicted molar refractivity (Wildman–Crippen MR) is 205 cm³/mol. The van der Waals surface area contributed by atoms with E-state index in [2.05, 4.69) is 31.4 Å². The highest BCUT2D eigenvalue weighted by Crippen LogP contribution is 2.23. The molecule has 0 bridgehead atoms. The summed E-state index contributed by atoms with van der Waals surface area (Å²) in [7, 11) is 0. The van der Waals surface area contributed by atoms with Gasteiger partial charge in [0.05, 0.1) is 68.4 Å². The molecule has 4 rings (SSSR count). The van der Waals surface area contributed by atoms with Crippen molar-refractivity contribution >= 4 is 5.91 Å². The molecule has 4 fully saturated rings. The van der Waals surface area contributed by atoms with E-state index in [1.54, 1.807) is 0 Å². The Morgan fingerprint density at radius 2 is 1.57 bits per heavy atom. The molecule has 0 aromatic carbocycles. The van der Waals surface area contributed by atoms with Crippen molar-refractivity contribution in [1.29, 1.82) is 0 Å². The van der Waals surface area contributed by atoms with Gasteiger partial charge in [0, 0.05) is 38.1 Å². The lowest BCUT2D eigenvalue weighted by atomic mass is 9.84. The fraction of sp³-hybridized carbons (Fsp3) is 0.972. The molecule has 0 spiro atoms. The number of ether oxygens (including phenoxy) is 3. The first-order valence-corrected chi connectivity index (χ1v) is 19.7. The van der Waals surface area contributed by atoms with Crippen molar-refractivity contribution in [3.8, 4) is 0 Å². The molecule has 3 aliphatic heterocycles. The van der Waals surface area contributed by atoms with Gasteiger partial charge in [-0.25, -0.2) is 0 Å². The van der Waals surface area contributed by atoms with Crippen LogP contribution in [0.5, 0.6) is 0 Å². The molecule has 0 aromatic heterocycles. The maximum atomic E-state index is 11.5. The topological polar surface area (TPSA) is 320 Å². The van der Waals surface area contributed by atoms with Crippen LogP contribution in [0.2, 0.25) is 0 Å². The van der Waals surface area contributed by atoms with Crippen LogP contribution in [0.3, 0.4) is 0 Å². The van der Waals surface area contributed by atoms with Gasteiger partial charge in [0.1, 0.15) is 6.10 Å². The molecule has 4 aliphatic rings. The number of amides is 1. The molecule has 17 heteroatoms. The molecule has 318 valence electrons.